The molecular formula is C19H22N2O3. The van der Waals surface area contributed by atoms with Crippen LogP contribution in [0.15, 0.2) is 48.2 Å². The summed E-state index contributed by atoms with van der Waals surface area (Å²) >= 11 is 0. The van der Waals surface area contributed by atoms with E-state index in [-0.39, 0.29) is 11.8 Å². The lowest BCUT2D eigenvalue weighted by atomic mass is 10.1. The van der Waals surface area contributed by atoms with Crippen molar-refractivity contribution in [3.63, 3.8) is 0 Å². The molecule has 0 aromatic heterocycles. The van der Waals surface area contributed by atoms with Crippen LogP contribution >= 0.6 is 0 Å². The van der Waals surface area contributed by atoms with Crippen LogP contribution in [0.2, 0.25) is 0 Å². The fourth-order valence-corrected chi connectivity index (χ4v) is 2.45. The summed E-state index contributed by atoms with van der Waals surface area (Å²) < 4.78 is 0. The Bertz CT molecular complexity index is 668. The van der Waals surface area contributed by atoms with Gasteiger partial charge in [0, 0.05) is 24.1 Å². The molecule has 3 N–H and O–H groups in total. The largest absolute Gasteiger partial charge is 0.326 e. The maximum absolute atomic E-state index is 11.9. The number of carbonyl (C=O) groups excluding carboxylic acids is 2. The number of hydroxylamine groups is 1. The number of benzene rings is 1. The predicted octanol–water partition coefficient (Wildman–Crippen LogP) is 3.58. The van der Waals surface area contributed by atoms with Gasteiger partial charge in [-0.15, -0.1) is 5.73 Å². The molecule has 2 rings (SSSR count). The van der Waals surface area contributed by atoms with Crippen LogP contribution in [0, 0.1) is 0 Å². The van der Waals surface area contributed by atoms with Crippen LogP contribution in [0.3, 0.4) is 0 Å². The van der Waals surface area contributed by atoms with Crippen molar-refractivity contribution >= 4 is 23.1 Å². The summed E-state index contributed by atoms with van der Waals surface area (Å²) in [6.45, 7) is 0. The van der Waals surface area contributed by atoms with E-state index < -0.39 is 0 Å². The van der Waals surface area contributed by atoms with E-state index in [1.807, 2.05) is 42.5 Å². The molecule has 5 nitrogen and oxygen atoms in total. The Labute approximate surface area is 141 Å². The first-order valence-corrected chi connectivity index (χ1v) is 8.15. The number of anilines is 1. The second-order valence-corrected chi connectivity index (χ2v) is 5.66. The predicted molar refractivity (Wildman–Crippen MR) is 93.3 cm³/mol. The zero-order valence-corrected chi connectivity index (χ0v) is 13.5. The number of allylic oxidation sites excluding steroid dienone is 3. The van der Waals surface area contributed by atoms with E-state index in [0.717, 1.165) is 36.1 Å². The average molecular weight is 326 g/mol. The van der Waals surface area contributed by atoms with E-state index in [4.69, 9.17) is 5.21 Å². The summed E-state index contributed by atoms with van der Waals surface area (Å²) in [7, 11) is 0. The van der Waals surface area contributed by atoms with E-state index in [1.54, 1.807) is 5.48 Å². The molecule has 2 amide bonds. The van der Waals surface area contributed by atoms with Crippen molar-refractivity contribution in [2.75, 3.05) is 5.32 Å². The maximum atomic E-state index is 11.9. The molecule has 0 saturated heterocycles. The SMILES string of the molecule is O=C(CCCCCCC(=O)Nc1ccc(C2=C=CC=C2)cc1)NO. The molecule has 0 bridgehead atoms. The van der Waals surface area contributed by atoms with Crippen molar-refractivity contribution in [2.45, 2.75) is 38.5 Å². The minimum Gasteiger partial charge on any atom is -0.326 e. The van der Waals surface area contributed by atoms with Gasteiger partial charge in [-0.25, -0.2) is 5.48 Å². The van der Waals surface area contributed by atoms with E-state index in [2.05, 4.69) is 11.0 Å². The lowest BCUT2D eigenvalue weighted by Crippen LogP contribution is -2.17. The normalized spacial score (nSPS) is 12.1. The molecule has 24 heavy (non-hydrogen) atoms. The van der Waals surface area contributed by atoms with Gasteiger partial charge in [-0.2, -0.15) is 0 Å². The molecule has 1 aromatic carbocycles. The molecule has 0 spiro atoms. The lowest BCUT2D eigenvalue weighted by Gasteiger charge is -2.06. The molecule has 1 aromatic rings. The molecule has 126 valence electrons. The molecule has 0 unspecified atom stereocenters. The van der Waals surface area contributed by atoms with Crippen LogP contribution in [0.25, 0.3) is 5.57 Å². The van der Waals surface area contributed by atoms with Gasteiger partial charge in [0.05, 0.1) is 0 Å². The van der Waals surface area contributed by atoms with Gasteiger partial charge >= 0.3 is 0 Å². The van der Waals surface area contributed by atoms with Gasteiger partial charge in [-0.05, 0) is 42.7 Å². The Morgan fingerprint density at radius 2 is 1.62 bits per heavy atom. The molecule has 0 radical (unpaired) electrons. The number of hydrogen-bond donors (Lipinski definition) is 3. The molecule has 0 atom stereocenters. The maximum Gasteiger partial charge on any atom is 0.243 e. The van der Waals surface area contributed by atoms with Crippen molar-refractivity contribution < 1.29 is 14.8 Å². The highest BCUT2D eigenvalue weighted by Gasteiger charge is 2.04. The zero-order chi connectivity index (χ0) is 17.2. The first kappa shape index (κ1) is 17.7. The highest BCUT2D eigenvalue weighted by Crippen LogP contribution is 2.20. The molecule has 5 heteroatoms. The van der Waals surface area contributed by atoms with Crippen molar-refractivity contribution in [3.05, 3.63) is 53.8 Å². The Morgan fingerprint density at radius 3 is 2.21 bits per heavy atom. The van der Waals surface area contributed by atoms with Gasteiger partial charge in [0.1, 0.15) is 0 Å². The van der Waals surface area contributed by atoms with Crippen molar-refractivity contribution in [2.24, 2.45) is 0 Å². The van der Waals surface area contributed by atoms with Crippen LogP contribution in [0.1, 0.15) is 44.1 Å². The standard InChI is InChI=1S/C19H22N2O3/c22-18(9-3-1-2-4-10-19(23)21-24)20-17-13-11-16(12-14-17)15-7-5-6-8-15/h5-7,11-14,24H,1-4,9-10H2,(H,20,22)(H,21,23). The molecule has 0 heterocycles. The van der Waals surface area contributed by atoms with Gasteiger partial charge in [-0.3, -0.25) is 14.8 Å². The van der Waals surface area contributed by atoms with Crippen molar-refractivity contribution in [1.82, 2.24) is 5.48 Å². The van der Waals surface area contributed by atoms with Crippen molar-refractivity contribution in [1.29, 1.82) is 0 Å². The molecular weight excluding hydrogens is 304 g/mol. The van der Waals surface area contributed by atoms with Gasteiger partial charge in [0.15, 0.2) is 0 Å². The number of hydrogen-bond acceptors (Lipinski definition) is 3. The smallest absolute Gasteiger partial charge is 0.243 e. The second kappa shape index (κ2) is 9.50. The van der Waals surface area contributed by atoms with Crippen LogP contribution in [0.5, 0.6) is 0 Å². The summed E-state index contributed by atoms with van der Waals surface area (Å²) in [4.78, 5) is 22.7. The number of rotatable bonds is 9. The summed E-state index contributed by atoms with van der Waals surface area (Å²) in [6.07, 6.45) is 9.85. The summed E-state index contributed by atoms with van der Waals surface area (Å²) in [5, 5.41) is 11.3. The third-order valence-electron chi connectivity index (χ3n) is 3.76. The lowest BCUT2D eigenvalue weighted by molar-refractivity contribution is -0.129. The highest BCUT2D eigenvalue weighted by atomic mass is 16.5. The highest BCUT2D eigenvalue weighted by molar-refractivity contribution is 5.91. The molecule has 1 aliphatic carbocycles. The van der Waals surface area contributed by atoms with Crippen LogP contribution in [-0.4, -0.2) is 17.0 Å². The zero-order valence-electron chi connectivity index (χ0n) is 13.5. The fraction of sp³-hybridized carbons (Fsp3) is 0.316. The second-order valence-electron chi connectivity index (χ2n) is 5.66. The number of carbonyl (C=O) groups is 2. The quantitative estimate of drug-likeness (QED) is 0.281. The average Bonchev–Trinajstić information content (AvgIpc) is 3.13. The third-order valence-corrected chi connectivity index (χ3v) is 3.76. The molecule has 0 fully saturated rings. The van der Waals surface area contributed by atoms with Gasteiger partial charge < -0.3 is 5.32 Å². The first-order valence-electron chi connectivity index (χ1n) is 8.15. The fourth-order valence-electron chi connectivity index (χ4n) is 2.45. The Hall–Kier alpha value is -2.62. The minimum absolute atomic E-state index is 0.00396. The topological polar surface area (TPSA) is 78.4 Å². The summed E-state index contributed by atoms with van der Waals surface area (Å²) in [5.74, 6) is -0.369. The van der Waals surface area contributed by atoms with Crippen molar-refractivity contribution in [3.8, 4) is 0 Å². The van der Waals surface area contributed by atoms with Crippen LogP contribution < -0.4 is 10.8 Å². The van der Waals surface area contributed by atoms with Crippen LogP contribution in [-0.2, 0) is 9.59 Å². The van der Waals surface area contributed by atoms with E-state index in [9.17, 15) is 9.59 Å². The first-order chi connectivity index (χ1) is 11.7. The summed E-state index contributed by atoms with van der Waals surface area (Å²) in [5.41, 5.74) is 7.66. The molecule has 1 aliphatic rings. The van der Waals surface area contributed by atoms with E-state index in [1.165, 1.54) is 0 Å². The minimum atomic E-state index is -0.365. The molecule has 0 aliphatic heterocycles. The van der Waals surface area contributed by atoms with Gasteiger partial charge in [0.25, 0.3) is 0 Å². The summed E-state index contributed by atoms with van der Waals surface area (Å²) in [6, 6.07) is 7.71. The van der Waals surface area contributed by atoms with Crippen LogP contribution in [0.4, 0.5) is 5.69 Å². The van der Waals surface area contributed by atoms with Gasteiger partial charge in [0.2, 0.25) is 11.8 Å². The molecule has 0 saturated carbocycles. The Morgan fingerprint density at radius 1 is 0.958 bits per heavy atom. The Kier molecular flexibility index (Phi) is 7.02. The van der Waals surface area contributed by atoms with Gasteiger partial charge in [-0.1, -0.05) is 31.1 Å². The Balaban J connectivity index is 1.64. The van der Waals surface area contributed by atoms with E-state index in [0.29, 0.717) is 19.3 Å². The van der Waals surface area contributed by atoms with E-state index >= 15 is 0 Å². The number of nitrogens with one attached hydrogen (secondary N) is 2. The monoisotopic (exact) mass is 326 g/mol. The number of amides is 2. The third kappa shape index (κ3) is 5.88. The number of unbranched alkanes of at least 4 members (excludes halogenated alkanes) is 3.